The van der Waals surface area contributed by atoms with Gasteiger partial charge in [-0.1, -0.05) is 41.4 Å². The van der Waals surface area contributed by atoms with Crippen molar-refractivity contribution in [1.82, 2.24) is 14.6 Å². The number of morpholine rings is 1. The van der Waals surface area contributed by atoms with Gasteiger partial charge >= 0.3 is 0 Å². The first-order chi connectivity index (χ1) is 12.5. The van der Waals surface area contributed by atoms with Crippen molar-refractivity contribution in [1.29, 1.82) is 0 Å². The minimum absolute atomic E-state index is 0.0606. The first kappa shape index (κ1) is 19.3. The van der Waals surface area contributed by atoms with Crippen LogP contribution in [0.1, 0.15) is 17.2 Å². The molecule has 0 spiro atoms. The Kier molecular flexibility index (Phi) is 6.26. The second-order valence-electron chi connectivity index (χ2n) is 6.24. The number of ether oxygens (including phenoxy) is 1. The van der Waals surface area contributed by atoms with E-state index in [9.17, 15) is 8.42 Å². The molecule has 1 aromatic carbocycles. The van der Waals surface area contributed by atoms with Crippen LogP contribution in [0.25, 0.3) is 0 Å². The molecular weight excluding hydrogens is 374 g/mol. The van der Waals surface area contributed by atoms with Gasteiger partial charge in [-0.2, -0.15) is 0 Å². The average Bonchev–Trinajstić information content (AvgIpc) is 2.64. The Balaban J connectivity index is 1.78. The first-order valence-electron chi connectivity index (χ1n) is 8.45. The summed E-state index contributed by atoms with van der Waals surface area (Å²) in [6, 6.07) is 11.0. The molecule has 0 saturated carbocycles. The lowest BCUT2D eigenvalue weighted by atomic mass is 10.0. The van der Waals surface area contributed by atoms with Crippen molar-refractivity contribution < 1.29 is 13.2 Å². The predicted molar refractivity (Wildman–Crippen MR) is 101 cm³/mol. The number of rotatable bonds is 6. The second kappa shape index (κ2) is 8.45. The molecule has 0 aliphatic carbocycles. The van der Waals surface area contributed by atoms with E-state index in [2.05, 4.69) is 14.6 Å². The zero-order valence-corrected chi connectivity index (χ0v) is 16.1. The highest BCUT2D eigenvalue weighted by molar-refractivity contribution is 7.89. The molecule has 1 unspecified atom stereocenters. The summed E-state index contributed by atoms with van der Waals surface area (Å²) in [7, 11) is -3.66. The topological polar surface area (TPSA) is 71.5 Å². The lowest BCUT2D eigenvalue weighted by Crippen LogP contribution is -2.43. The molecule has 140 valence electrons. The molecule has 1 saturated heterocycles. The molecule has 0 bridgehead atoms. The number of pyridine rings is 1. The van der Waals surface area contributed by atoms with Crippen LogP contribution in [-0.2, 0) is 14.8 Å². The van der Waals surface area contributed by atoms with Crippen LogP contribution in [0.15, 0.2) is 47.5 Å². The van der Waals surface area contributed by atoms with Crippen LogP contribution in [-0.4, -0.2) is 51.1 Å². The first-order valence-corrected chi connectivity index (χ1v) is 10.3. The van der Waals surface area contributed by atoms with Crippen molar-refractivity contribution >= 4 is 21.6 Å². The third-order valence-electron chi connectivity index (χ3n) is 4.43. The van der Waals surface area contributed by atoms with Crippen LogP contribution >= 0.6 is 11.6 Å². The number of nitrogens with zero attached hydrogens (tertiary/aromatic N) is 2. The number of aryl methyl sites for hydroxylation is 1. The smallest absolute Gasteiger partial charge is 0.242 e. The SMILES string of the molecule is Cc1ccc(C(CNS(=O)(=O)c2ccc(Cl)nc2)N2CCOCC2)cc1. The monoisotopic (exact) mass is 395 g/mol. The zero-order chi connectivity index (χ0) is 18.6. The van der Waals surface area contributed by atoms with E-state index in [1.54, 1.807) is 0 Å². The number of hydrogen-bond donors (Lipinski definition) is 1. The van der Waals surface area contributed by atoms with Crippen LogP contribution in [0.5, 0.6) is 0 Å². The standard InChI is InChI=1S/C18H22ClN3O3S/c1-14-2-4-15(5-3-14)17(22-8-10-25-11-9-22)13-21-26(23,24)16-6-7-18(19)20-12-16/h2-7,12,17,21H,8-11,13H2,1H3. The number of aromatic nitrogens is 1. The zero-order valence-electron chi connectivity index (χ0n) is 14.6. The predicted octanol–water partition coefficient (Wildman–Crippen LogP) is 2.40. The normalized spacial score (nSPS) is 17.2. The molecule has 1 aliphatic heterocycles. The van der Waals surface area contributed by atoms with Crippen LogP contribution in [0.2, 0.25) is 5.15 Å². The van der Waals surface area contributed by atoms with E-state index in [1.165, 1.54) is 23.9 Å². The summed E-state index contributed by atoms with van der Waals surface area (Å²) in [5, 5.41) is 0.259. The molecule has 1 aliphatic rings. The van der Waals surface area contributed by atoms with E-state index in [1.807, 2.05) is 31.2 Å². The van der Waals surface area contributed by atoms with Crippen molar-refractivity contribution in [3.63, 3.8) is 0 Å². The third kappa shape index (κ3) is 4.81. The fourth-order valence-corrected chi connectivity index (χ4v) is 4.02. The lowest BCUT2D eigenvalue weighted by molar-refractivity contribution is 0.0172. The van der Waals surface area contributed by atoms with E-state index in [0.717, 1.165) is 18.7 Å². The van der Waals surface area contributed by atoms with Gasteiger partial charge in [0, 0.05) is 31.9 Å². The van der Waals surface area contributed by atoms with E-state index >= 15 is 0 Å². The van der Waals surface area contributed by atoms with Crippen molar-refractivity contribution in [3.8, 4) is 0 Å². The van der Waals surface area contributed by atoms with Gasteiger partial charge in [0.1, 0.15) is 10.0 Å². The molecule has 2 heterocycles. The minimum Gasteiger partial charge on any atom is -0.379 e. The highest BCUT2D eigenvalue weighted by Crippen LogP contribution is 2.22. The van der Waals surface area contributed by atoms with Crippen molar-refractivity contribution in [2.45, 2.75) is 17.9 Å². The van der Waals surface area contributed by atoms with Gasteiger partial charge in [-0.25, -0.2) is 18.1 Å². The molecule has 1 fully saturated rings. The minimum atomic E-state index is -3.66. The lowest BCUT2D eigenvalue weighted by Gasteiger charge is -2.35. The molecule has 0 radical (unpaired) electrons. The quantitative estimate of drug-likeness (QED) is 0.760. The maximum Gasteiger partial charge on any atom is 0.242 e. The van der Waals surface area contributed by atoms with E-state index in [0.29, 0.717) is 13.2 Å². The Morgan fingerprint density at radius 1 is 1.19 bits per heavy atom. The highest BCUT2D eigenvalue weighted by atomic mass is 35.5. The van der Waals surface area contributed by atoms with Crippen molar-refractivity contribution in [2.24, 2.45) is 0 Å². The fraction of sp³-hybridized carbons (Fsp3) is 0.389. The molecule has 26 heavy (non-hydrogen) atoms. The maximum absolute atomic E-state index is 12.6. The van der Waals surface area contributed by atoms with Crippen LogP contribution in [0.4, 0.5) is 0 Å². The Hall–Kier alpha value is -1.51. The van der Waals surface area contributed by atoms with E-state index in [-0.39, 0.29) is 22.6 Å². The van der Waals surface area contributed by atoms with Crippen LogP contribution < -0.4 is 4.72 Å². The van der Waals surface area contributed by atoms with Crippen LogP contribution in [0.3, 0.4) is 0 Å². The summed E-state index contributed by atoms with van der Waals surface area (Å²) in [4.78, 5) is 6.20. The summed E-state index contributed by atoms with van der Waals surface area (Å²) < 4.78 is 33.3. The Bertz CT molecular complexity index is 820. The Labute approximate surface area is 159 Å². The molecule has 8 heteroatoms. The van der Waals surface area contributed by atoms with Gasteiger partial charge < -0.3 is 4.74 Å². The molecule has 1 atom stereocenters. The van der Waals surface area contributed by atoms with Gasteiger partial charge in [-0.05, 0) is 24.6 Å². The fourth-order valence-electron chi connectivity index (χ4n) is 2.93. The Morgan fingerprint density at radius 2 is 1.88 bits per heavy atom. The highest BCUT2D eigenvalue weighted by Gasteiger charge is 2.25. The van der Waals surface area contributed by atoms with Gasteiger partial charge in [0.25, 0.3) is 0 Å². The number of halogens is 1. The molecule has 0 amide bonds. The summed E-state index contributed by atoms with van der Waals surface area (Å²) in [5.74, 6) is 0. The number of hydrogen-bond acceptors (Lipinski definition) is 5. The van der Waals surface area contributed by atoms with Gasteiger partial charge in [0.05, 0.1) is 13.2 Å². The Morgan fingerprint density at radius 3 is 2.50 bits per heavy atom. The largest absolute Gasteiger partial charge is 0.379 e. The molecular formula is C18H22ClN3O3S. The maximum atomic E-state index is 12.6. The van der Waals surface area contributed by atoms with Gasteiger partial charge in [-0.3, -0.25) is 4.90 Å². The average molecular weight is 396 g/mol. The molecule has 3 rings (SSSR count). The molecule has 2 aromatic rings. The summed E-state index contributed by atoms with van der Waals surface area (Å²) >= 11 is 5.74. The van der Waals surface area contributed by atoms with Crippen LogP contribution in [0, 0.1) is 6.92 Å². The van der Waals surface area contributed by atoms with E-state index in [4.69, 9.17) is 16.3 Å². The van der Waals surface area contributed by atoms with Gasteiger partial charge in [-0.15, -0.1) is 0 Å². The van der Waals surface area contributed by atoms with Gasteiger partial charge in [0.15, 0.2) is 0 Å². The third-order valence-corrected chi connectivity index (χ3v) is 6.06. The summed E-state index contributed by atoms with van der Waals surface area (Å²) in [5.41, 5.74) is 2.25. The summed E-state index contributed by atoms with van der Waals surface area (Å²) in [6.07, 6.45) is 1.26. The molecule has 6 nitrogen and oxygen atoms in total. The summed E-state index contributed by atoms with van der Waals surface area (Å²) in [6.45, 7) is 5.13. The number of benzene rings is 1. The molecule has 1 N–H and O–H groups in total. The second-order valence-corrected chi connectivity index (χ2v) is 8.40. The van der Waals surface area contributed by atoms with Gasteiger partial charge in [0.2, 0.25) is 10.0 Å². The number of nitrogens with one attached hydrogen (secondary N) is 1. The van der Waals surface area contributed by atoms with Crippen molar-refractivity contribution in [3.05, 3.63) is 58.9 Å². The molecule has 1 aromatic heterocycles. The van der Waals surface area contributed by atoms with Crippen molar-refractivity contribution in [2.75, 3.05) is 32.8 Å². The van der Waals surface area contributed by atoms with E-state index < -0.39 is 10.0 Å². The number of sulfonamides is 1.